The van der Waals surface area contributed by atoms with Crippen molar-refractivity contribution in [1.82, 2.24) is 10.2 Å². The molecule has 2 aliphatic heterocycles. The summed E-state index contributed by atoms with van der Waals surface area (Å²) in [5.74, 6) is -0.418. The van der Waals surface area contributed by atoms with Crippen molar-refractivity contribution < 1.29 is 14.4 Å². The summed E-state index contributed by atoms with van der Waals surface area (Å²) in [7, 11) is 0. The molecule has 3 atom stereocenters. The Balaban J connectivity index is 1.20. The Labute approximate surface area is 188 Å². The SMILES string of the molecule is O=C(C1CCC2C(=O)N(c3ccccc3)C(=O)NC2C1)N1CCN(c2ccccc2)CC1. The van der Waals surface area contributed by atoms with Crippen LogP contribution >= 0.6 is 0 Å². The van der Waals surface area contributed by atoms with Gasteiger partial charge in [-0.25, -0.2) is 9.69 Å². The number of carbonyl (C=O) groups excluding carboxylic acids is 3. The fourth-order valence-corrected chi connectivity index (χ4v) is 5.24. The van der Waals surface area contributed by atoms with E-state index in [4.69, 9.17) is 0 Å². The van der Waals surface area contributed by atoms with Crippen LogP contribution in [0.4, 0.5) is 16.2 Å². The van der Waals surface area contributed by atoms with Gasteiger partial charge in [0.25, 0.3) is 0 Å². The molecule has 1 N–H and O–H groups in total. The van der Waals surface area contributed by atoms with Crippen LogP contribution in [-0.2, 0) is 9.59 Å². The van der Waals surface area contributed by atoms with E-state index in [1.165, 1.54) is 10.6 Å². The molecule has 2 aromatic carbocycles. The van der Waals surface area contributed by atoms with Crippen LogP contribution in [0.2, 0.25) is 0 Å². The van der Waals surface area contributed by atoms with Gasteiger partial charge in [-0.3, -0.25) is 9.59 Å². The molecule has 32 heavy (non-hydrogen) atoms. The average Bonchev–Trinajstić information content (AvgIpc) is 2.84. The number of amides is 4. The third-order valence-electron chi connectivity index (χ3n) is 6.98. The summed E-state index contributed by atoms with van der Waals surface area (Å²) in [4.78, 5) is 44.5. The van der Waals surface area contributed by atoms with Gasteiger partial charge in [-0.1, -0.05) is 36.4 Å². The number of anilines is 2. The third-order valence-corrected chi connectivity index (χ3v) is 6.98. The summed E-state index contributed by atoms with van der Waals surface area (Å²) in [6.45, 7) is 3.03. The van der Waals surface area contributed by atoms with Crippen LogP contribution in [0.25, 0.3) is 0 Å². The lowest BCUT2D eigenvalue weighted by molar-refractivity contribution is -0.139. The highest BCUT2D eigenvalue weighted by Crippen LogP contribution is 2.35. The Bertz CT molecular complexity index is 989. The Morgan fingerprint density at radius 2 is 1.44 bits per heavy atom. The molecule has 7 heteroatoms. The van der Waals surface area contributed by atoms with Crippen molar-refractivity contribution in [2.75, 3.05) is 36.0 Å². The summed E-state index contributed by atoms with van der Waals surface area (Å²) >= 11 is 0. The number of fused-ring (bicyclic) bond motifs is 1. The van der Waals surface area contributed by atoms with E-state index in [-0.39, 0.29) is 29.7 Å². The Hall–Kier alpha value is -3.35. The van der Waals surface area contributed by atoms with Gasteiger partial charge in [0.05, 0.1) is 11.6 Å². The minimum Gasteiger partial charge on any atom is -0.368 e. The molecule has 3 aliphatic rings. The van der Waals surface area contributed by atoms with Crippen molar-refractivity contribution in [3.63, 3.8) is 0 Å². The van der Waals surface area contributed by atoms with Gasteiger partial charge in [0, 0.05) is 43.8 Å². The zero-order valence-corrected chi connectivity index (χ0v) is 18.0. The Morgan fingerprint density at radius 1 is 0.812 bits per heavy atom. The monoisotopic (exact) mass is 432 g/mol. The first-order chi connectivity index (χ1) is 15.6. The molecule has 3 unspecified atom stereocenters. The summed E-state index contributed by atoms with van der Waals surface area (Å²) in [6.07, 6.45) is 1.83. The fraction of sp³-hybridized carbons (Fsp3) is 0.400. The van der Waals surface area contributed by atoms with Gasteiger partial charge in [0.2, 0.25) is 11.8 Å². The zero-order chi connectivity index (χ0) is 22.1. The predicted octanol–water partition coefficient (Wildman–Crippen LogP) is 2.88. The van der Waals surface area contributed by atoms with Crippen LogP contribution in [0.5, 0.6) is 0 Å². The van der Waals surface area contributed by atoms with Crippen LogP contribution in [0.15, 0.2) is 60.7 Å². The van der Waals surface area contributed by atoms with E-state index in [1.54, 1.807) is 12.1 Å². The maximum absolute atomic E-state index is 13.2. The lowest BCUT2D eigenvalue weighted by Crippen LogP contribution is -2.62. The molecule has 3 fully saturated rings. The Morgan fingerprint density at radius 3 is 2.09 bits per heavy atom. The van der Waals surface area contributed by atoms with Crippen molar-refractivity contribution in [3.8, 4) is 0 Å². The first-order valence-electron chi connectivity index (χ1n) is 11.4. The van der Waals surface area contributed by atoms with Crippen LogP contribution in [0.1, 0.15) is 19.3 Å². The summed E-state index contributed by atoms with van der Waals surface area (Å²) in [5.41, 5.74) is 1.77. The predicted molar refractivity (Wildman–Crippen MR) is 122 cm³/mol. The van der Waals surface area contributed by atoms with E-state index in [2.05, 4.69) is 22.3 Å². The molecule has 0 spiro atoms. The molecule has 1 saturated carbocycles. The van der Waals surface area contributed by atoms with E-state index >= 15 is 0 Å². The molecule has 0 bridgehead atoms. The number of nitrogens with one attached hydrogen (secondary N) is 1. The van der Waals surface area contributed by atoms with Crippen molar-refractivity contribution in [3.05, 3.63) is 60.7 Å². The maximum Gasteiger partial charge on any atom is 0.328 e. The highest BCUT2D eigenvalue weighted by Gasteiger charge is 2.46. The van der Waals surface area contributed by atoms with Gasteiger partial charge >= 0.3 is 6.03 Å². The maximum atomic E-state index is 13.2. The van der Waals surface area contributed by atoms with Gasteiger partial charge < -0.3 is 15.1 Å². The zero-order valence-electron chi connectivity index (χ0n) is 18.0. The lowest BCUT2D eigenvalue weighted by atomic mass is 9.76. The fourth-order valence-electron chi connectivity index (χ4n) is 5.24. The van der Waals surface area contributed by atoms with Gasteiger partial charge in [-0.2, -0.15) is 0 Å². The normalized spacial score (nSPS) is 25.9. The van der Waals surface area contributed by atoms with Crippen LogP contribution in [0.3, 0.4) is 0 Å². The smallest absolute Gasteiger partial charge is 0.328 e. The van der Waals surface area contributed by atoms with E-state index in [0.717, 1.165) is 13.1 Å². The second kappa shape index (κ2) is 8.65. The van der Waals surface area contributed by atoms with E-state index < -0.39 is 6.03 Å². The van der Waals surface area contributed by atoms with Gasteiger partial charge in [0.15, 0.2) is 0 Å². The number of benzene rings is 2. The standard InChI is InChI=1S/C25H28N4O3/c30-23(28-15-13-27(14-16-28)19-7-3-1-4-8-19)18-11-12-21-22(17-18)26-25(32)29(24(21)31)20-9-5-2-6-10-20/h1-10,18,21-22H,11-17H2,(H,26,32). The van der Waals surface area contributed by atoms with Crippen molar-refractivity contribution >= 4 is 29.2 Å². The highest BCUT2D eigenvalue weighted by atomic mass is 16.2. The third kappa shape index (κ3) is 3.83. The molecule has 1 aliphatic carbocycles. The minimum atomic E-state index is -0.396. The molecular formula is C25H28N4O3. The molecule has 4 amide bonds. The first-order valence-corrected chi connectivity index (χ1v) is 11.4. The number of nitrogens with zero attached hydrogens (tertiary/aromatic N) is 3. The van der Waals surface area contributed by atoms with Gasteiger partial charge in [-0.05, 0) is 43.5 Å². The molecular weight excluding hydrogens is 404 g/mol. The molecule has 2 aromatic rings. The van der Waals surface area contributed by atoms with E-state index in [0.29, 0.717) is 38.0 Å². The molecule has 166 valence electrons. The van der Waals surface area contributed by atoms with E-state index in [1.807, 2.05) is 41.3 Å². The molecule has 2 heterocycles. The second-order valence-electron chi connectivity index (χ2n) is 8.83. The lowest BCUT2D eigenvalue weighted by Gasteiger charge is -2.43. The van der Waals surface area contributed by atoms with Crippen molar-refractivity contribution in [2.45, 2.75) is 25.3 Å². The number of carbonyl (C=O) groups is 3. The van der Waals surface area contributed by atoms with Gasteiger partial charge in [-0.15, -0.1) is 0 Å². The second-order valence-corrected chi connectivity index (χ2v) is 8.83. The minimum absolute atomic E-state index is 0.143. The topological polar surface area (TPSA) is 73.0 Å². The van der Waals surface area contributed by atoms with Crippen LogP contribution in [0, 0.1) is 11.8 Å². The molecule has 0 aromatic heterocycles. The van der Waals surface area contributed by atoms with Crippen LogP contribution in [-0.4, -0.2) is 55.0 Å². The number of para-hydroxylation sites is 2. The number of hydrogen-bond donors (Lipinski definition) is 1. The number of urea groups is 1. The number of imide groups is 1. The van der Waals surface area contributed by atoms with Crippen molar-refractivity contribution in [1.29, 1.82) is 0 Å². The average molecular weight is 433 g/mol. The van der Waals surface area contributed by atoms with Crippen LogP contribution < -0.4 is 15.1 Å². The summed E-state index contributed by atoms with van der Waals surface area (Å²) < 4.78 is 0. The number of piperazine rings is 1. The molecule has 0 radical (unpaired) electrons. The molecule has 5 rings (SSSR count). The molecule has 7 nitrogen and oxygen atoms in total. The quantitative estimate of drug-likeness (QED) is 0.810. The van der Waals surface area contributed by atoms with Crippen molar-refractivity contribution in [2.24, 2.45) is 11.8 Å². The largest absolute Gasteiger partial charge is 0.368 e. The summed E-state index contributed by atoms with van der Waals surface area (Å²) in [5, 5.41) is 3.00. The Kier molecular flexibility index (Phi) is 5.55. The van der Waals surface area contributed by atoms with Gasteiger partial charge in [0.1, 0.15) is 0 Å². The highest BCUT2D eigenvalue weighted by molar-refractivity contribution is 6.17. The number of rotatable bonds is 3. The molecule has 2 saturated heterocycles. The van der Waals surface area contributed by atoms with E-state index in [9.17, 15) is 14.4 Å². The summed E-state index contributed by atoms with van der Waals surface area (Å²) in [6, 6.07) is 18.6. The number of hydrogen-bond acceptors (Lipinski definition) is 4. The first kappa shape index (κ1) is 20.5.